The number of halogens is 1. The first-order chi connectivity index (χ1) is 43.9. The number of anilines is 2. The molecule has 0 bridgehead atoms. The molecule has 0 saturated carbocycles. The lowest BCUT2D eigenvalue weighted by Gasteiger charge is -2.39. The fourth-order valence-electron chi connectivity index (χ4n) is 12.9. The summed E-state index contributed by atoms with van der Waals surface area (Å²) in [5.41, 5.74) is 8.33. The number of hydrogen-bond acceptors (Lipinski definition) is 16. The van der Waals surface area contributed by atoms with Gasteiger partial charge >= 0.3 is 0 Å². The van der Waals surface area contributed by atoms with Crippen LogP contribution in [-0.4, -0.2) is 135 Å². The standard InChI is InChI=1S/C67H72ClN13O9S/c1-67(2)25-21-48(56(37-67)46-11-13-49(68)14-12-46)40-77-30-32-78(33-31-77)51-15-17-55(61(35-51)90-52-34-47-22-26-69-63(47)71-39-52)64(83)74-91(88,89)53-16-18-58(60(36-53)81(86)87)70-38-44-23-28-76(29-24-44)41-50-42-79(75-73-50)27-6-4-3-5-8-45-9-7-10-54-57(45)43-80(66(54)85)59-19-20-62(82)72-65(59)84/h7,9-18,22,26,34-36,39,42,44,59,70H,3-4,6,19-21,23-25,27-33,37-38,40-41,43H2,1-2H3,(H,69,71)(H,74,83)(H,72,82,84). The molecule has 12 rings (SSSR count). The second-order valence-electron chi connectivity index (χ2n) is 25.0. The van der Waals surface area contributed by atoms with Crippen LogP contribution in [0.4, 0.5) is 17.1 Å². The minimum absolute atomic E-state index is 0.0583. The van der Waals surface area contributed by atoms with E-state index in [1.807, 2.05) is 35.1 Å². The maximum atomic E-state index is 14.2. The lowest BCUT2D eigenvalue weighted by Crippen LogP contribution is -2.52. The van der Waals surface area contributed by atoms with Gasteiger partial charge in [0.25, 0.3) is 27.5 Å². The number of nitrogens with zero attached hydrogens (tertiary/aromatic N) is 9. The number of piperazine rings is 1. The van der Waals surface area contributed by atoms with Crippen LogP contribution in [0.3, 0.4) is 0 Å². The third-order valence-corrected chi connectivity index (χ3v) is 19.6. The number of amides is 4. The highest BCUT2D eigenvalue weighted by atomic mass is 35.5. The number of rotatable bonds is 20. The molecule has 7 aromatic rings. The first kappa shape index (κ1) is 62.3. The smallest absolute Gasteiger partial charge is 0.293 e. The van der Waals surface area contributed by atoms with Crippen molar-refractivity contribution in [2.45, 2.75) is 109 Å². The molecule has 4 aromatic carbocycles. The number of nitro benzene ring substituents is 1. The number of imide groups is 1. The summed E-state index contributed by atoms with van der Waals surface area (Å²) >= 11 is 6.28. The Bertz CT molecular complexity index is 4160. The first-order valence-corrected chi connectivity index (χ1v) is 32.9. The van der Waals surface area contributed by atoms with E-state index >= 15 is 0 Å². The maximum absolute atomic E-state index is 14.2. The highest BCUT2D eigenvalue weighted by Gasteiger charge is 2.40. The van der Waals surface area contributed by atoms with Crippen LogP contribution in [0.25, 0.3) is 16.6 Å². The highest BCUT2D eigenvalue weighted by Crippen LogP contribution is 2.44. The number of nitrogens with one attached hydrogen (secondary N) is 4. The zero-order chi connectivity index (χ0) is 63.4. The van der Waals surface area contributed by atoms with Gasteiger partial charge in [-0.1, -0.05) is 66.3 Å². The van der Waals surface area contributed by atoms with Gasteiger partial charge in [0.2, 0.25) is 11.8 Å². The summed E-state index contributed by atoms with van der Waals surface area (Å²) in [7, 11) is -4.64. The van der Waals surface area contributed by atoms with Crippen LogP contribution in [0.5, 0.6) is 11.5 Å². The zero-order valence-electron chi connectivity index (χ0n) is 50.9. The Morgan fingerprint density at radius 2 is 1.71 bits per heavy atom. The monoisotopic (exact) mass is 1270 g/mol. The fraction of sp³-hybridized carbons (Fsp3) is 0.388. The van der Waals surface area contributed by atoms with Gasteiger partial charge in [0, 0.05) is 123 Å². The van der Waals surface area contributed by atoms with Crippen molar-refractivity contribution in [3.05, 3.63) is 164 Å². The third-order valence-electron chi connectivity index (χ3n) is 18.1. The number of aromatic nitrogens is 5. The first-order valence-electron chi connectivity index (χ1n) is 31.0. The molecule has 7 heterocycles. The number of piperidine rings is 2. The van der Waals surface area contributed by atoms with Crippen molar-refractivity contribution in [2.24, 2.45) is 11.3 Å². The number of carbonyl (C=O) groups is 4. The van der Waals surface area contributed by atoms with Crippen molar-refractivity contribution in [2.75, 3.05) is 62.6 Å². The number of unbranched alkanes of at least 4 members (excludes halogenated alkanes) is 2. The number of sulfonamides is 1. The Hall–Kier alpha value is -8.95. The number of pyridine rings is 1. The van der Waals surface area contributed by atoms with Gasteiger partial charge in [-0.05, 0) is 153 Å². The molecule has 1 unspecified atom stereocenters. The molecule has 4 aliphatic heterocycles. The van der Waals surface area contributed by atoms with Crippen LogP contribution in [-0.2, 0) is 39.2 Å². The van der Waals surface area contributed by atoms with Crippen molar-refractivity contribution >= 4 is 78.9 Å². The second kappa shape index (κ2) is 26.9. The van der Waals surface area contributed by atoms with Crippen LogP contribution < -0.4 is 25.0 Å². The molecule has 5 aliphatic rings. The number of likely N-dealkylation sites (tertiary alicyclic amines) is 1. The molecule has 1 atom stereocenters. The molecule has 0 radical (unpaired) electrons. The van der Waals surface area contributed by atoms with E-state index in [1.54, 1.807) is 42.6 Å². The minimum atomic E-state index is -4.64. The van der Waals surface area contributed by atoms with Gasteiger partial charge in [-0.15, -0.1) is 5.10 Å². The number of aromatic amines is 1. The van der Waals surface area contributed by atoms with E-state index in [4.69, 9.17) is 16.3 Å². The van der Waals surface area contributed by atoms with Crippen molar-refractivity contribution in [3.8, 4) is 23.3 Å². The summed E-state index contributed by atoms with van der Waals surface area (Å²) in [6, 6.07) is 25.2. The lowest BCUT2D eigenvalue weighted by atomic mass is 9.72. The summed E-state index contributed by atoms with van der Waals surface area (Å²) in [4.78, 5) is 79.0. The van der Waals surface area contributed by atoms with Gasteiger partial charge in [-0.2, -0.15) is 0 Å². The average molecular weight is 1270 g/mol. The van der Waals surface area contributed by atoms with Crippen LogP contribution in [0.15, 0.2) is 120 Å². The van der Waals surface area contributed by atoms with E-state index in [2.05, 4.69) is 88.2 Å². The van der Waals surface area contributed by atoms with E-state index in [-0.39, 0.29) is 53.1 Å². The summed E-state index contributed by atoms with van der Waals surface area (Å²) in [5.74, 6) is 5.14. The van der Waals surface area contributed by atoms with Crippen LogP contribution >= 0.6 is 11.6 Å². The number of aryl methyl sites for hydroxylation is 1. The summed E-state index contributed by atoms with van der Waals surface area (Å²) in [6.45, 7) is 12.1. The van der Waals surface area contributed by atoms with Gasteiger partial charge in [-0.25, -0.2) is 18.1 Å². The minimum Gasteiger partial charge on any atom is -0.455 e. The molecule has 91 heavy (non-hydrogen) atoms. The molecular weight excluding hydrogens is 1200 g/mol. The summed E-state index contributed by atoms with van der Waals surface area (Å²) < 4.78 is 38.4. The second-order valence-corrected chi connectivity index (χ2v) is 27.1. The Morgan fingerprint density at radius 3 is 2.51 bits per heavy atom. The van der Waals surface area contributed by atoms with Gasteiger partial charge in [0.15, 0.2) is 0 Å². The highest BCUT2D eigenvalue weighted by molar-refractivity contribution is 7.90. The largest absolute Gasteiger partial charge is 0.455 e. The topological polar surface area (TPSA) is 263 Å². The lowest BCUT2D eigenvalue weighted by molar-refractivity contribution is -0.384. The number of hydrogen-bond donors (Lipinski definition) is 4. The average Bonchev–Trinajstić information content (AvgIpc) is 1.76. The quantitative estimate of drug-likeness (QED) is 0.0182. The van der Waals surface area contributed by atoms with E-state index in [0.717, 1.165) is 117 Å². The Morgan fingerprint density at radius 1 is 0.912 bits per heavy atom. The fourth-order valence-corrected chi connectivity index (χ4v) is 14.0. The molecule has 3 saturated heterocycles. The number of nitro groups is 1. The molecule has 22 nitrogen and oxygen atoms in total. The predicted octanol–water partition coefficient (Wildman–Crippen LogP) is 9.72. The van der Waals surface area contributed by atoms with E-state index in [0.29, 0.717) is 62.5 Å². The Kier molecular flexibility index (Phi) is 18.4. The number of benzene rings is 4. The summed E-state index contributed by atoms with van der Waals surface area (Å²) in [6.07, 6.45) is 12.8. The molecule has 4 N–H and O–H groups in total. The molecule has 4 amide bonds. The van der Waals surface area contributed by atoms with Crippen LogP contribution in [0.2, 0.25) is 5.02 Å². The molecule has 1 aliphatic carbocycles. The molecule has 0 spiro atoms. The number of carbonyl (C=O) groups excluding carboxylic acids is 4. The third kappa shape index (κ3) is 14.6. The van der Waals surface area contributed by atoms with E-state index in [9.17, 15) is 37.7 Å². The predicted molar refractivity (Wildman–Crippen MR) is 345 cm³/mol. The number of fused-ring (bicyclic) bond motifs is 2. The molecule has 472 valence electrons. The van der Waals surface area contributed by atoms with Crippen LogP contribution in [0, 0.1) is 33.3 Å². The normalized spacial score (nSPS) is 18.2. The van der Waals surface area contributed by atoms with Crippen LogP contribution in [0.1, 0.15) is 121 Å². The Balaban J connectivity index is 0.621. The van der Waals surface area contributed by atoms with Gasteiger partial charge in [-0.3, -0.25) is 49.1 Å². The van der Waals surface area contributed by atoms with Crippen molar-refractivity contribution in [3.63, 3.8) is 0 Å². The van der Waals surface area contributed by atoms with Gasteiger partial charge < -0.3 is 24.8 Å². The SMILES string of the molecule is CC1(C)CCC(CN2CCN(c3ccc(C(=O)NS(=O)(=O)c4ccc(NCC5CCN(Cc6cn(CCCCC#Cc7cccc8c7CN(C7CCC(=O)NC7=O)C8=O)nn6)CC5)c([N+](=O)[O-])c4)c(Oc4cnc5[nH]ccc5c4)c3)CC2)=C(c2ccc(Cl)cc2)C1. The molecular formula is C67H72ClN13O9S. The molecule has 3 aromatic heterocycles. The number of allylic oxidation sites excluding steroid dienone is 1. The van der Waals surface area contributed by atoms with Crippen molar-refractivity contribution < 1.29 is 37.3 Å². The van der Waals surface area contributed by atoms with Gasteiger partial charge in [0.1, 0.15) is 28.9 Å². The number of H-pyrrole nitrogens is 1. The van der Waals surface area contributed by atoms with Crippen molar-refractivity contribution in [1.29, 1.82) is 0 Å². The Labute approximate surface area is 532 Å². The van der Waals surface area contributed by atoms with Crippen molar-refractivity contribution in [1.82, 2.24) is 49.7 Å². The van der Waals surface area contributed by atoms with E-state index in [1.165, 1.54) is 39.9 Å². The number of ether oxygens (including phenoxy) is 1. The summed E-state index contributed by atoms with van der Waals surface area (Å²) in [5, 5.41) is 28.3. The maximum Gasteiger partial charge on any atom is 0.293 e. The molecule has 3 fully saturated rings. The van der Waals surface area contributed by atoms with E-state index < -0.39 is 43.4 Å². The molecule has 24 heteroatoms. The zero-order valence-corrected chi connectivity index (χ0v) is 52.5. The van der Waals surface area contributed by atoms with Gasteiger partial charge in [0.05, 0.1) is 27.3 Å².